The average Bonchev–Trinajstić information content (AvgIpc) is 2.43. The first-order valence-electron chi connectivity index (χ1n) is 6.23. The topological polar surface area (TPSA) is 52.6 Å². The Bertz CT molecular complexity index is 876. The number of alkyl halides is 3. The van der Waals surface area contributed by atoms with Crippen molar-refractivity contribution in [3.8, 4) is 17.2 Å². The second-order valence-electron chi connectivity index (χ2n) is 4.71. The summed E-state index contributed by atoms with van der Waals surface area (Å²) in [5, 5.41) is 0. The summed E-state index contributed by atoms with van der Waals surface area (Å²) in [5.41, 5.74) is 0. The van der Waals surface area contributed by atoms with Gasteiger partial charge in [-0.1, -0.05) is 7.43 Å². The van der Waals surface area contributed by atoms with E-state index in [2.05, 4.69) is 4.74 Å². The molecule has 130 valence electrons. The molecule has 0 spiro atoms. The van der Waals surface area contributed by atoms with Gasteiger partial charge in [-0.15, -0.1) is 0 Å². The van der Waals surface area contributed by atoms with Gasteiger partial charge < -0.3 is 9.47 Å². The van der Waals surface area contributed by atoms with Crippen LogP contribution in [0.1, 0.15) is 7.43 Å². The largest absolute Gasteiger partial charge is 0.484 e. The third-order valence-corrected chi connectivity index (χ3v) is 4.85. The predicted octanol–water partition coefficient (Wildman–Crippen LogP) is 4.34. The highest BCUT2D eigenvalue weighted by atomic mass is 32.2. The maximum Gasteiger partial charge on any atom is 0.422 e. The summed E-state index contributed by atoms with van der Waals surface area (Å²) < 4.78 is 84.3. The van der Waals surface area contributed by atoms with Crippen LogP contribution in [-0.2, 0) is 9.84 Å². The first-order chi connectivity index (χ1) is 10.7. The lowest BCUT2D eigenvalue weighted by Gasteiger charge is -2.21. The molecule has 2 aromatic carbocycles. The number of benzene rings is 2. The molecule has 0 unspecified atom stereocenters. The molecular weight excluding hydrogens is 352 g/mol. The zero-order valence-corrected chi connectivity index (χ0v) is 12.0. The van der Waals surface area contributed by atoms with Crippen molar-refractivity contribution in [3.05, 3.63) is 42.2 Å². The van der Waals surface area contributed by atoms with Crippen molar-refractivity contribution >= 4 is 9.84 Å². The first kappa shape index (κ1) is 18.1. The molecule has 1 heterocycles. The van der Waals surface area contributed by atoms with E-state index >= 15 is 0 Å². The van der Waals surface area contributed by atoms with Crippen LogP contribution in [-0.4, -0.2) is 21.2 Å². The van der Waals surface area contributed by atoms with Gasteiger partial charge in [0.2, 0.25) is 9.84 Å². The minimum Gasteiger partial charge on any atom is -0.484 e. The Labute approximate surface area is 135 Å². The molecule has 24 heavy (non-hydrogen) atoms. The van der Waals surface area contributed by atoms with E-state index in [9.17, 15) is 26.0 Å². The van der Waals surface area contributed by atoms with E-state index in [-0.39, 0.29) is 34.5 Å². The lowest BCUT2D eigenvalue weighted by Crippen LogP contribution is -2.19. The van der Waals surface area contributed by atoms with Crippen LogP contribution in [0.2, 0.25) is 0 Å². The quantitative estimate of drug-likeness (QED) is 0.501. The van der Waals surface area contributed by atoms with Crippen molar-refractivity contribution in [2.45, 2.75) is 23.4 Å². The lowest BCUT2D eigenvalue weighted by molar-refractivity contribution is -0.153. The lowest BCUT2D eigenvalue weighted by atomic mass is 10.3. The number of ether oxygens (including phenoxy) is 2. The van der Waals surface area contributed by atoms with Crippen LogP contribution in [0.3, 0.4) is 0 Å². The van der Waals surface area contributed by atoms with Crippen molar-refractivity contribution in [3.63, 3.8) is 0 Å². The number of hydrogen-bond acceptors (Lipinski definition) is 4. The monoisotopic (exact) mass is 364 g/mol. The molecule has 0 radical (unpaired) electrons. The fourth-order valence-corrected chi connectivity index (χ4v) is 3.53. The van der Waals surface area contributed by atoms with Crippen LogP contribution < -0.4 is 9.47 Å². The highest BCUT2D eigenvalue weighted by molar-refractivity contribution is 7.91. The second-order valence-corrected chi connectivity index (χ2v) is 6.60. The summed E-state index contributed by atoms with van der Waals surface area (Å²) in [6.07, 6.45) is -4.53. The van der Waals surface area contributed by atoms with Gasteiger partial charge in [-0.05, 0) is 24.3 Å². The zero-order valence-electron chi connectivity index (χ0n) is 11.2. The van der Waals surface area contributed by atoms with Gasteiger partial charge in [0.15, 0.2) is 6.61 Å². The molecule has 0 saturated carbocycles. The molecule has 0 aliphatic carbocycles. The smallest absolute Gasteiger partial charge is 0.422 e. The molecule has 0 aromatic heterocycles. The fourth-order valence-electron chi connectivity index (χ4n) is 2.07. The van der Waals surface area contributed by atoms with Crippen LogP contribution in [0.25, 0.3) is 0 Å². The molecule has 0 bridgehead atoms. The number of sulfone groups is 1. The Morgan fingerprint density at radius 1 is 1.00 bits per heavy atom. The van der Waals surface area contributed by atoms with Crippen molar-refractivity contribution < 1.29 is 35.5 Å². The minimum absolute atomic E-state index is 0. The van der Waals surface area contributed by atoms with Gasteiger partial charge in [-0.2, -0.15) is 13.2 Å². The summed E-state index contributed by atoms with van der Waals surface area (Å²) in [6, 6.07) is 6.14. The number of hydrogen-bond donors (Lipinski definition) is 0. The van der Waals surface area contributed by atoms with Gasteiger partial charge in [-0.25, -0.2) is 12.8 Å². The summed E-state index contributed by atoms with van der Waals surface area (Å²) in [6.45, 7) is -1.52. The summed E-state index contributed by atoms with van der Waals surface area (Å²) in [5.74, 6) is -1.36. The van der Waals surface area contributed by atoms with E-state index in [0.29, 0.717) is 0 Å². The second kappa shape index (κ2) is 5.97. The SMILES string of the molecule is C.O=S1(=O)c2ccc(F)cc2Oc2cc(OCC(F)(F)F)ccc21. The molecule has 0 atom stereocenters. The van der Waals surface area contributed by atoms with Crippen LogP contribution >= 0.6 is 0 Å². The molecule has 0 saturated heterocycles. The Balaban J connectivity index is 0.00000208. The summed E-state index contributed by atoms with van der Waals surface area (Å²) >= 11 is 0. The van der Waals surface area contributed by atoms with Crippen molar-refractivity contribution in [2.75, 3.05) is 6.61 Å². The van der Waals surface area contributed by atoms with E-state index < -0.39 is 28.4 Å². The van der Waals surface area contributed by atoms with E-state index in [1.54, 1.807) is 0 Å². The third-order valence-electron chi connectivity index (χ3n) is 3.02. The fraction of sp³-hybridized carbons (Fsp3) is 0.200. The molecule has 1 aliphatic heterocycles. The van der Waals surface area contributed by atoms with Crippen molar-refractivity contribution in [2.24, 2.45) is 0 Å². The minimum atomic E-state index is -4.53. The normalized spacial score (nSPS) is 14.7. The molecule has 0 fully saturated rings. The van der Waals surface area contributed by atoms with Crippen LogP contribution in [0.4, 0.5) is 17.6 Å². The zero-order chi connectivity index (χ0) is 16.8. The first-order valence-corrected chi connectivity index (χ1v) is 7.71. The molecule has 1 aliphatic rings. The number of fused-ring (bicyclic) bond motifs is 2. The Morgan fingerprint density at radius 2 is 1.58 bits per heavy atom. The summed E-state index contributed by atoms with van der Waals surface area (Å²) in [4.78, 5) is -0.439. The molecule has 4 nitrogen and oxygen atoms in total. The van der Waals surface area contributed by atoms with E-state index in [1.165, 1.54) is 0 Å². The van der Waals surface area contributed by atoms with Gasteiger partial charge in [0.25, 0.3) is 0 Å². The van der Waals surface area contributed by atoms with Gasteiger partial charge >= 0.3 is 6.18 Å². The maximum atomic E-state index is 13.2. The van der Waals surface area contributed by atoms with Gasteiger partial charge in [0, 0.05) is 12.1 Å². The van der Waals surface area contributed by atoms with Crippen LogP contribution in [0.5, 0.6) is 17.2 Å². The van der Waals surface area contributed by atoms with E-state index in [4.69, 9.17) is 4.74 Å². The van der Waals surface area contributed by atoms with Gasteiger partial charge in [0.1, 0.15) is 32.9 Å². The van der Waals surface area contributed by atoms with Crippen LogP contribution in [0.15, 0.2) is 46.2 Å². The summed E-state index contributed by atoms with van der Waals surface area (Å²) in [7, 11) is -3.95. The van der Waals surface area contributed by atoms with Gasteiger partial charge in [0.05, 0.1) is 0 Å². The van der Waals surface area contributed by atoms with E-state index in [0.717, 1.165) is 36.4 Å². The van der Waals surface area contributed by atoms with Crippen molar-refractivity contribution in [1.29, 1.82) is 0 Å². The Morgan fingerprint density at radius 3 is 2.21 bits per heavy atom. The Hall–Kier alpha value is -2.29. The third kappa shape index (κ3) is 3.30. The molecular formula is C15H12F4O4S. The molecule has 0 N–H and O–H groups in total. The highest BCUT2D eigenvalue weighted by Gasteiger charge is 2.33. The standard InChI is InChI=1S/C14H8F4O4S.CH4/c15-8-1-3-12-10(5-8)22-11-6-9(21-7-14(16,17)18)2-4-13(11)23(12,19)20;/h1-6H,7H2;1H4. The Kier molecular flexibility index (Phi) is 4.49. The van der Waals surface area contributed by atoms with E-state index in [1.807, 2.05) is 0 Å². The molecule has 2 aromatic rings. The molecule has 9 heteroatoms. The molecule has 3 rings (SSSR count). The predicted molar refractivity (Wildman–Crippen MR) is 76.6 cm³/mol. The number of rotatable bonds is 2. The maximum absolute atomic E-state index is 13.2. The average molecular weight is 364 g/mol. The molecule has 0 amide bonds. The van der Waals surface area contributed by atoms with Gasteiger partial charge in [-0.3, -0.25) is 0 Å². The van der Waals surface area contributed by atoms with Crippen molar-refractivity contribution in [1.82, 2.24) is 0 Å². The number of halogens is 4. The highest BCUT2D eigenvalue weighted by Crippen LogP contribution is 2.44. The van der Waals surface area contributed by atoms with Crippen LogP contribution in [0, 0.1) is 5.82 Å².